The van der Waals surface area contributed by atoms with Gasteiger partial charge in [0.15, 0.2) is 11.5 Å². The Balaban J connectivity index is 3.26. The van der Waals surface area contributed by atoms with Crippen LogP contribution in [0.1, 0.15) is 34.6 Å². The van der Waals surface area contributed by atoms with Crippen molar-refractivity contribution in [3.8, 4) is 5.75 Å². The van der Waals surface area contributed by atoms with Crippen LogP contribution in [0.5, 0.6) is 5.75 Å². The summed E-state index contributed by atoms with van der Waals surface area (Å²) >= 11 is 0. The molecule has 0 fully saturated rings. The largest absolute Gasteiger partial charge is 0.462 e. The van der Waals surface area contributed by atoms with Crippen molar-refractivity contribution in [2.24, 2.45) is 0 Å². The van der Waals surface area contributed by atoms with E-state index in [2.05, 4.69) is 0 Å². The second-order valence-electron chi connectivity index (χ2n) is 3.78. The van der Waals surface area contributed by atoms with Crippen molar-refractivity contribution >= 4 is 21.9 Å². The Bertz CT molecular complexity index is 603. The molecule has 1 aromatic rings. The first-order valence-corrected chi connectivity index (χ1v) is 7.28. The van der Waals surface area contributed by atoms with Crippen LogP contribution in [-0.4, -0.2) is 33.0 Å². The van der Waals surface area contributed by atoms with E-state index >= 15 is 0 Å². The Morgan fingerprint density at radius 3 is 2.37 bits per heavy atom. The zero-order chi connectivity index (χ0) is 14.6. The van der Waals surface area contributed by atoms with Crippen molar-refractivity contribution in [1.82, 2.24) is 0 Å². The van der Waals surface area contributed by atoms with Crippen molar-refractivity contribution in [2.45, 2.75) is 13.8 Å². The Labute approximate surface area is 111 Å². The van der Waals surface area contributed by atoms with Crippen molar-refractivity contribution in [1.29, 1.82) is 0 Å². The number of carbonyl (C=O) groups excluding carboxylic acids is 2. The standard InChI is InChI=1S/C12H14O6S/c1-4-17-12(14)9-5-6-10(8(2)13)11(7-9)18-19(3,15)16/h5-7H,4H2,1-3H3. The molecule has 0 amide bonds. The molecule has 0 aliphatic rings. The summed E-state index contributed by atoms with van der Waals surface area (Å²) in [4.78, 5) is 22.9. The minimum absolute atomic E-state index is 0.0819. The van der Waals surface area contributed by atoms with Crippen molar-refractivity contribution in [2.75, 3.05) is 12.9 Å². The van der Waals surface area contributed by atoms with Gasteiger partial charge in [0.1, 0.15) is 0 Å². The Hall–Kier alpha value is -1.89. The van der Waals surface area contributed by atoms with E-state index < -0.39 is 16.1 Å². The fraction of sp³-hybridized carbons (Fsp3) is 0.333. The van der Waals surface area contributed by atoms with Crippen LogP contribution in [0, 0.1) is 0 Å². The number of ether oxygens (including phenoxy) is 1. The summed E-state index contributed by atoms with van der Waals surface area (Å²) in [5.41, 5.74) is 0.198. The van der Waals surface area contributed by atoms with Crippen LogP contribution in [0.2, 0.25) is 0 Å². The summed E-state index contributed by atoms with van der Waals surface area (Å²) in [6.45, 7) is 3.11. The van der Waals surface area contributed by atoms with Gasteiger partial charge in [0.2, 0.25) is 0 Å². The summed E-state index contributed by atoms with van der Waals surface area (Å²) in [5, 5.41) is 0. The predicted molar refractivity (Wildman–Crippen MR) is 67.9 cm³/mol. The van der Waals surface area contributed by atoms with Gasteiger partial charge in [-0.05, 0) is 32.0 Å². The average molecular weight is 286 g/mol. The third kappa shape index (κ3) is 4.36. The van der Waals surface area contributed by atoms with Gasteiger partial charge in [-0.1, -0.05) is 0 Å². The lowest BCUT2D eigenvalue weighted by atomic mass is 10.1. The van der Waals surface area contributed by atoms with Gasteiger partial charge < -0.3 is 8.92 Å². The highest BCUT2D eigenvalue weighted by Gasteiger charge is 2.17. The van der Waals surface area contributed by atoms with Crippen LogP contribution in [0.15, 0.2) is 18.2 Å². The van der Waals surface area contributed by atoms with Crippen molar-refractivity contribution < 1.29 is 26.9 Å². The SMILES string of the molecule is CCOC(=O)c1ccc(C(C)=O)c(OS(C)(=O)=O)c1. The maximum atomic E-state index is 11.5. The first-order valence-electron chi connectivity index (χ1n) is 5.46. The molecule has 7 heteroatoms. The van der Waals surface area contributed by atoms with Gasteiger partial charge in [-0.3, -0.25) is 4.79 Å². The van der Waals surface area contributed by atoms with Gasteiger partial charge in [-0.2, -0.15) is 8.42 Å². The van der Waals surface area contributed by atoms with Gasteiger partial charge in [-0.25, -0.2) is 4.79 Å². The normalized spacial score (nSPS) is 10.9. The highest BCUT2D eigenvalue weighted by molar-refractivity contribution is 7.86. The zero-order valence-corrected chi connectivity index (χ0v) is 11.6. The Kier molecular flexibility index (Phi) is 4.66. The smallest absolute Gasteiger partial charge is 0.338 e. The first-order chi connectivity index (χ1) is 8.74. The number of hydrogen-bond donors (Lipinski definition) is 0. The highest BCUT2D eigenvalue weighted by atomic mass is 32.2. The lowest BCUT2D eigenvalue weighted by Crippen LogP contribution is -2.11. The van der Waals surface area contributed by atoms with E-state index in [9.17, 15) is 18.0 Å². The Morgan fingerprint density at radius 1 is 1.26 bits per heavy atom. The highest BCUT2D eigenvalue weighted by Crippen LogP contribution is 2.23. The fourth-order valence-electron chi connectivity index (χ4n) is 1.39. The second kappa shape index (κ2) is 5.83. The number of Topliss-reactive ketones (excluding diaryl/α,β-unsaturated/α-hetero) is 1. The van der Waals surface area contributed by atoms with Gasteiger partial charge >= 0.3 is 16.1 Å². The second-order valence-corrected chi connectivity index (χ2v) is 5.35. The molecule has 0 unspecified atom stereocenters. The zero-order valence-electron chi connectivity index (χ0n) is 10.8. The number of rotatable bonds is 5. The van der Waals surface area contributed by atoms with Gasteiger partial charge in [0, 0.05) is 0 Å². The molecule has 0 saturated heterocycles. The topological polar surface area (TPSA) is 86.7 Å². The van der Waals surface area contributed by atoms with Gasteiger partial charge in [-0.15, -0.1) is 0 Å². The molecule has 1 aromatic carbocycles. The van der Waals surface area contributed by atoms with Crippen LogP contribution in [0.3, 0.4) is 0 Å². The van der Waals surface area contributed by atoms with Crippen LogP contribution < -0.4 is 4.18 Å². The lowest BCUT2D eigenvalue weighted by molar-refractivity contribution is 0.0525. The number of hydrogen-bond acceptors (Lipinski definition) is 6. The minimum Gasteiger partial charge on any atom is -0.462 e. The van der Waals surface area contributed by atoms with E-state index in [1.807, 2.05) is 0 Å². The van der Waals surface area contributed by atoms with E-state index in [4.69, 9.17) is 8.92 Å². The molecular weight excluding hydrogens is 272 g/mol. The molecule has 0 aliphatic heterocycles. The molecule has 19 heavy (non-hydrogen) atoms. The fourth-order valence-corrected chi connectivity index (χ4v) is 1.85. The number of esters is 1. The summed E-state index contributed by atoms with van der Waals surface area (Å²) in [5.74, 6) is -1.16. The summed E-state index contributed by atoms with van der Waals surface area (Å²) < 4.78 is 31.8. The maximum Gasteiger partial charge on any atom is 0.338 e. The van der Waals surface area contributed by atoms with Gasteiger partial charge in [0.25, 0.3) is 0 Å². The van der Waals surface area contributed by atoms with Crippen molar-refractivity contribution in [3.63, 3.8) is 0 Å². The third-order valence-corrected chi connectivity index (χ3v) is 2.60. The van der Waals surface area contributed by atoms with E-state index in [0.29, 0.717) is 0 Å². The average Bonchev–Trinajstić information content (AvgIpc) is 2.26. The molecule has 104 valence electrons. The van der Waals surface area contributed by atoms with Crippen LogP contribution in [0.25, 0.3) is 0 Å². The van der Waals surface area contributed by atoms with Gasteiger partial charge in [0.05, 0.1) is 24.0 Å². The van der Waals surface area contributed by atoms with E-state index in [1.54, 1.807) is 6.92 Å². The molecule has 6 nitrogen and oxygen atoms in total. The number of benzene rings is 1. The molecule has 0 bridgehead atoms. The quantitative estimate of drug-likeness (QED) is 0.462. The molecule has 0 radical (unpaired) electrons. The van der Waals surface area contributed by atoms with Crippen molar-refractivity contribution in [3.05, 3.63) is 29.3 Å². The molecule has 0 aromatic heterocycles. The summed E-state index contributed by atoms with van der Waals surface area (Å²) in [6, 6.07) is 3.88. The molecular formula is C12H14O6S. The van der Waals surface area contributed by atoms with Crippen LogP contribution in [-0.2, 0) is 14.9 Å². The predicted octanol–water partition coefficient (Wildman–Crippen LogP) is 1.40. The molecule has 0 saturated carbocycles. The number of carbonyl (C=O) groups is 2. The summed E-state index contributed by atoms with van der Waals surface area (Å²) in [7, 11) is -3.79. The van der Waals surface area contributed by atoms with Crippen LogP contribution >= 0.6 is 0 Å². The summed E-state index contributed by atoms with van der Waals surface area (Å²) in [6.07, 6.45) is 0.855. The number of ketones is 1. The molecule has 0 N–H and O–H groups in total. The molecule has 0 aliphatic carbocycles. The van der Waals surface area contributed by atoms with E-state index in [-0.39, 0.29) is 29.3 Å². The molecule has 0 spiro atoms. The molecule has 1 rings (SSSR count). The Morgan fingerprint density at radius 2 is 1.89 bits per heavy atom. The van der Waals surface area contributed by atoms with Crippen LogP contribution in [0.4, 0.5) is 0 Å². The third-order valence-electron chi connectivity index (χ3n) is 2.11. The van der Waals surface area contributed by atoms with E-state index in [1.165, 1.54) is 25.1 Å². The molecule has 0 heterocycles. The lowest BCUT2D eigenvalue weighted by Gasteiger charge is -2.09. The monoisotopic (exact) mass is 286 g/mol. The van der Waals surface area contributed by atoms with E-state index in [0.717, 1.165) is 6.26 Å². The first kappa shape index (κ1) is 15.2. The maximum absolute atomic E-state index is 11.5. The minimum atomic E-state index is -3.79. The molecule has 0 atom stereocenters.